The van der Waals surface area contributed by atoms with Gasteiger partial charge in [0.1, 0.15) is 0 Å². The van der Waals surface area contributed by atoms with Crippen LogP contribution in [0.4, 0.5) is 0 Å². The van der Waals surface area contributed by atoms with Gasteiger partial charge in [-0.25, -0.2) is 0 Å². The highest BCUT2D eigenvalue weighted by atomic mass is 32.1. The van der Waals surface area contributed by atoms with E-state index in [0.29, 0.717) is 0 Å². The van der Waals surface area contributed by atoms with Crippen molar-refractivity contribution in [3.05, 3.63) is 208 Å². The highest BCUT2D eigenvalue weighted by Gasteiger charge is 2.53. The maximum Gasteiger partial charge on any atom is 0.0819 e. The molecule has 238 valence electrons. The van der Waals surface area contributed by atoms with Gasteiger partial charge in [-0.05, 0) is 86.8 Å². The number of thiophene rings is 1. The van der Waals surface area contributed by atoms with E-state index >= 15 is 0 Å². The summed E-state index contributed by atoms with van der Waals surface area (Å²) in [6.07, 6.45) is 8.80. The topological polar surface area (TPSA) is 0 Å². The molecule has 0 unspecified atom stereocenters. The van der Waals surface area contributed by atoms with Crippen LogP contribution in [-0.2, 0) is 5.41 Å². The van der Waals surface area contributed by atoms with Crippen molar-refractivity contribution in [3.63, 3.8) is 0 Å². The molecule has 1 aromatic heterocycles. The molecular formula is C49H36S. The highest BCUT2D eigenvalue weighted by Crippen LogP contribution is 2.65. The smallest absolute Gasteiger partial charge is 0.0819 e. The minimum atomic E-state index is -0.297. The minimum absolute atomic E-state index is 0.297. The number of hydrogen-bond donors (Lipinski definition) is 0. The predicted octanol–water partition coefficient (Wildman–Crippen LogP) is 13.6. The van der Waals surface area contributed by atoms with Crippen LogP contribution in [0.3, 0.4) is 0 Å². The molecule has 0 bridgehead atoms. The Morgan fingerprint density at radius 3 is 1.90 bits per heavy atom. The van der Waals surface area contributed by atoms with E-state index in [9.17, 15) is 0 Å². The van der Waals surface area contributed by atoms with E-state index in [0.717, 1.165) is 0 Å². The van der Waals surface area contributed by atoms with Crippen molar-refractivity contribution >= 4 is 50.4 Å². The molecule has 0 amide bonds. The first-order chi connectivity index (χ1) is 24.7. The summed E-state index contributed by atoms with van der Waals surface area (Å²) >= 11 is 1.96. The average Bonchev–Trinajstić information content (AvgIpc) is 3.78. The summed E-state index contributed by atoms with van der Waals surface area (Å²) in [4.78, 5) is 1.45. The largest absolute Gasteiger partial charge is 0.138 e. The molecule has 2 aliphatic rings. The fourth-order valence-corrected chi connectivity index (χ4v) is 9.60. The third-order valence-electron chi connectivity index (χ3n) is 10.3. The fraction of sp³-hybridized carbons (Fsp3) is 0.0612. The van der Waals surface area contributed by atoms with Crippen LogP contribution >= 0.6 is 11.3 Å². The summed E-state index contributed by atoms with van der Waals surface area (Å²) in [5, 5.41) is 4.01. The molecule has 0 saturated carbocycles. The maximum atomic E-state index is 2.45. The Balaban J connectivity index is 0.000000260. The lowest BCUT2D eigenvalue weighted by atomic mass is 9.73. The van der Waals surface area contributed by atoms with Crippen LogP contribution in [0.25, 0.3) is 61.3 Å². The molecule has 0 fully saturated rings. The minimum Gasteiger partial charge on any atom is -0.138 e. The number of allylic oxidation sites excluding steroid dienone is 1. The molecule has 7 aromatic carbocycles. The van der Waals surface area contributed by atoms with Gasteiger partial charge in [-0.2, -0.15) is 0 Å². The first-order valence-corrected chi connectivity index (χ1v) is 18.2. The third-order valence-corrected chi connectivity index (χ3v) is 11.6. The average molecular weight is 657 g/mol. The summed E-state index contributed by atoms with van der Waals surface area (Å²) < 4.78 is 1.36. The predicted molar refractivity (Wildman–Crippen MR) is 217 cm³/mol. The lowest BCUT2D eigenvalue weighted by Crippen LogP contribution is -2.25. The Hall–Kier alpha value is -5.76. The Labute approximate surface area is 298 Å². The van der Waals surface area contributed by atoms with Gasteiger partial charge in [0.15, 0.2) is 0 Å². The van der Waals surface area contributed by atoms with Crippen LogP contribution in [0.1, 0.15) is 50.7 Å². The molecule has 0 aliphatic heterocycles. The molecule has 2 aliphatic carbocycles. The normalized spacial score (nSPS) is 13.4. The van der Waals surface area contributed by atoms with Gasteiger partial charge in [0.05, 0.1) is 5.41 Å². The summed E-state index contributed by atoms with van der Waals surface area (Å²) in [5.74, 6) is 0. The zero-order valence-electron chi connectivity index (χ0n) is 28.2. The molecule has 0 N–H and O–H groups in total. The zero-order chi connectivity index (χ0) is 33.7. The van der Waals surface area contributed by atoms with E-state index in [4.69, 9.17) is 0 Å². The Bertz CT molecular complexity index is 2580. The number of benzene rings is 7. The summed E-state index contributed by atoms with van der Waals surface area (Å²) in [6.45, 7) is 4.19. The van der Waals surface area contributed by atoms with Gasteiger partial charge in [0, 0.05) is 20.5 Å². The van der Waals surface area contributed by atoms with Gasteiger partial charge in [-0.15, -0.1) is 11.3 Å². The molecule has 1 heteroatoms. The lowest BCUT2D eigenvalue weighted by Gasteiger charge is -2.29. The van der Waals surface area contributed by atoms with Crippen molar-refractivity contribution < 1.29 is 0 Å². The second-order valence-corrected chi connectivity index (χ2v) is 14.3. The van der Waals surface area contributed by atoms with Crippen molar-refractivity contribution in [2.24, 2.45) is 0 Å². The van der Waals surface area contributed by atoms with Gasteiger partial charge < -0.3 is 0 Å². The van der Waals surface area contributed by atoms with Crippen molar-refractivity contribution in [2.45, 2.75) is 19.3 Å². The van der Waals surface area contributed by atoms with Crippen LogP contribution in [-0.4, -0.2) is 0 Å². The van der Waals surface area contributed by atoms with E-state index in [-0.39, 0.29) is 5.41 Å². The van der Waals surface area contributed by atoms with E-state index in [1.54, 1.807) is 0 Å². The summed E-state index contributed by atoms with van der Waals surface area (Å²) in [5.41, 5.74) is 14.4. The van der Waals surface area contributed by atoms with Gasteiger partial charge in [0.25, 0.3) is 0 Å². The standard InChI is InChI=1S/C38H26S.C11H10/c1-2-11-26-12-3-4-13-27(26)22-20-25-21-23-30-34(24-25)38(37-36(30)31-16-7-10-19-35(31)39-37)32-17-8-5-14-28(32)29-15-6-9-18-33(29)38;1-9-6-7-10-4-2-3-5-11(10)8-9/h2-24H,1H3;2-8H,1H3/b11-2+,22-20-;. The number of fused-ring (bicyclic) bond motifs is 13. The number of aryl methyl sites for hydroxylation is 1. The van der Waals surface area contributed by atoms with Crippen molar-refractivity contribution in [1.29, 1.82) is 0 Å². The molecular weight excluding hydrogens is 621 g/mol. The van der Waals surface area contributed by atoms with Crippen LogP contribution in [0.15, 0.2) is 164 Å². The molecule has 0 nitrogen and oxygen atoms in total. The Morgan fingerprint density at radius 1 is 0.500 bits per heavy atom. The highest BCUT2D eigenvalue weighted by molar-refractivity contribution is 7.20. The monoisotopic (exact) mass is 656 g/mol. The van der Waals surface area contributed by atoms with Crippen molar-refractivity contribution in [1.82, 2.24) is 0 Å². The second kappa shape index (κ2) is 12.3. The zero-order valence-corrected chi connectivity index (χ0v) is 29.0. The molecule has 8 aromatic rings. The van der Waals surface area contributed by atoms with Gasteiger partial charge in [-0.1, -0.05) is 175 Å². The van der Waals surface area contributed by atoms with Gasteiger partial charge in [0.2, 0.25) is 0 Å². The Morgan fingerprint density at radius 2 is 1.14 bits per heavy atom. The lowest BCUT2D eigenvalue weighted by molar-refractivity contribution is 0.811. The van der Waals surface area contributed by atoms with E-state index in [2.05, 4.69) is 196 Å². The van der Waals surface area contributed by atoms with Crippen LogP contribution in [0.5, 0.6) is 0 Å². The maximum absolute atomic E-state index is 2.45. The van der Waals surface area contributed by atoms with Crippen LogP contribution < -0.4 is 0 Å². The molecule has 50 heavy (non-hydrogen) atoms. The Kier molecular flexibility index (Phi) is 7.45. The summed E-state index contributed by atoms with van der Waals surface area (Å²) in [7, 11) is 0. The number of hydrogen-bond acceptors (Lipinski definition) is 1. The van der Waals surface area contributed by atoms with Gasteiger partial charge >= 0.3 is 0 Å². The van der Waals surface area contributed by atoms with Crippen molar-refractivity contribution in [2.75, 3.05) is 0 Å². The van der Waals surface area contributed by atoms with E-state index < -0.39 is 0 Å². The van der Waals surface area contributed by atoms with E-state index in [1.165, 1.54) is 86.9 Å². The fourth-order valence-electron chi connectivity index (χ4n) is 8.15. The molecule has 1 spiro atoms. The molecule has 1 heterocycles. The molecule has 0 radical (unpaired) electrons. The number of rotatable bonds is 3. The first kappa shape index (κ1) is 30.3. The third kappa shape index (κ3) is 4.73. The van der Waals surface area contributed by atoms with Crippen LogP contribution in [0, 0.1) is 6.92 Å². The SMILES string of the molecule is C/C=C/c1ccccc1/C=C\c1ccc2c(c1)C1(c3ccccc3-c3ccccc31)c1sc3ccccc3c1-2.Cc1ccc2ccccc2c1. The van der Waals surface area contributed by atoms with Crippen LogP contribution in [0.2, 0.25) is 0 Å². The molecule has 10 rings (SSSR count). The molecule has 0 saturated heterocycles. The second-order valence-electron chi connectivity index (χ2n) is 13.3. The first-order valence-electron chi connectivity index (χ1n) is 17.4. The quantitative estimate of drug-likeness (QED) is 0.166. The summed E-state index contributed by atoms with van der Waals surface area (Å²) in [6, 6.07) is 57.6. The van der Waals surface area contributed by atoms with Gasteiger partial charge in [-0.3, -0.25) is 0 Å². The van der Waals surface area contributed by atoms with Crippen molar-refractivity contribution in [3.8, 4) is 22.3 Å². The van der Waals surface area contributed by atoms with E-state index in [1.807, 2.05) is 11.3 Å². The molecule has 0 atom stereocenters.